The Hall–Kier alpha value is -0.830. The van der Waals surface area contributed by atoms with Crippen molar-refractivity contribution in [2.24, 2.45) is 10.4 Å². The number of aliphatic imine (C=N–C) groups is 1. The minimum atomic E-state index is 0. The number of halogens is 1. The molecular weight excluding hydrogens is 455 g/mol. The van der Waals surface area contributed by atoms with Crippen LogP contribution in [0.15, 0.2) is 9.52 Å². The molecule has 1 aliphatic carbocycles. The molecular formula is C20H37IN4O2. The zero-order valence-electron chi connectivity index (χ0n) is 17.4. The lowest BCUT2D eigenvalue weighted by Gasteiger charge is -2.27. The second kappa shape index (κ2) is 12.6. The van der Waals surface area contributed by atoms with Crippen molar-refractivity contribution < 1.29 is 9.26 Å². The van der Waals surface area contributed by atoms with E-state index in [-0.39, 0.29) is 24.0 Å². The molecule has 2 N–H and O–H groups in total. The van der Waals surface area contributed by atoms with Crippen molar-refractivity contribution >= 4 is 29.9 Å². The number of hydrogen-bond donors (Lipinski definition) is 2. The molecule has 0 radical (unpaired) electrons. The summed E-state index contributed by atoms with van der Waals surface area (Å²) in [5, 5.41) is 10.9. The predicted molar refractivity (Wildman–Crippen MR) is 121 cm³/mol. The first kappa shape index (κ1) is 24.2. The van der Waals surface area contributed by atoms with Crippen LogP contribution in [0.4, 0.5) is 0 Å². The zero-order chi connectivity index (χ0) is 18.8. The number of methoxy groups -OCH3 is 1. The van der Waals surface area contributed by atoms with Crippen LogP contribution in [0.1, 0.15) is 62.5 Å². The van der Waals surface area contributed by atoms with Gasteiger partial charge in [-0.15, -0.1) is 24.0 Å². The van der Waals surface area contributed by atoms with E-state index in [1.165, 1.54) is 31.2 Å². The summed E-state index contributed by atoms with van der Waals surface area (Å²) in [6, 6.07) is 0. The Morgan fingerprint density at radius 1 is 1.26 bits per heavy atom. The van der Waals surface area contributed by atoms with Gasteiger partial charge in [0, 0.05) is 38.9 Å². The van der Waals surface area contributed by atoms with Crippen LogP contribution in [-0.2, 0) is 11.2 Å². The number of nitrogens with one attached hydrogen (secondary N) is 2. The second-order valence-electron chi connectivity index (χ2n) is 7.48. The normalized spacial score (nSPS) is 16.2. The number of hydrogen-bond acceptors (Lipinski definition) is 4. The van der Waals surface area contributed by atoms with Gasteiger partial charge < -0.3 is 19.9 Å². The molecule has 27 heavy (non-hydrogen) atoms. The summed E-state index contributed by atoms with van der Waals surface area (Å²) in [6.45, 7) is 9.58. The molecule has 1 aromatic heterocycles. The Labute approximate surface area is 181 Å². The molecule has 0 saturated heterocycles. The molecule has 0 unspecified atom stereocenters. The lowest BCUT2D eigenvalue weighted by atomic mass is 9.83. The standard InChI is InChI=1S/C20H36N4O2.HI/c1-5-21-19(22-13-8-9-18-16(2)24-26-17(18)3)23-15-20(12-14-25-4)10-6-7-11-20;/h5-15H2,1-4H3,(H2,21,22,23);1H. The summed E-state index contributed by atoms with van der Waals surface area (Å²) < 4.78 is 10.6. The Kier molecular flexibility index (Phi) is 11.3. The highest BCUT2D eigenvalue weighted by molar-refractivity contribution is 14.0. The first-order valence-corrected chi connectivity index (χ1v) is 10.0. The van der Waals surface area contributed by atoms with E-state index in [0.29, 0.717) is 5.41 Å². The van der Waals surface area contributed by atoms with E-state index in [2.05, 4.69) is 22.7 Å². The smallest absolute Gasteiger partial charge is 0.191 e. The van der Waals surface area contributed by atoms with Gasteiger partial charge in [0.2, 0.25) is 0 Å². The molecule has 1 saturated carbocycles. The fraction of sp³-hybridized carbons (Fsp3) is 0.800. The van der Waals surface area contributed by atoms with Crippen molar-refractivity contribution in [1.29, 1.82) is 0 Å². The molecule has 0 bridgehead atoms. The molecule has 6 nitrogen and oxygen atoms in total. The van der Waals surface area contributed by atoms with Crippen molar-refractivity contribution in [3.05, 3.63) is 17.0 Å². The molecule has 0 spiro atoms. The highest BCUT2D eigenvalue weighted by Crippen LogP contribution is 2.41. The molecule has 1 aromatic rings. The molecule has 0 atom stereocenters. The molecule has 1 heterocycles. The van der Waals surface area contributed by atoms with Crippen molar-refractivity contribution in [2.75, 3.05) is 33.4 Å². The molecule has 0 aliphatic heterocycles. The maximum absolute atomic E-state index is 5.32. The number of ether oxygens (including phenoxy) is 1. The minimum absolute atomic E-state index is 0. The van der Waals surface area contributed by atoms with Gasteiger partial charge in [-0.1, -0.05) is 18.0 Å². The molecule has 0 amide bonds. The van der Waals surface area contributed by atoms with Crippen LogP contribution in [0.2, 0.25) is 0 Å². The largest absolute Gasteiger partial charge is 0.385 e. The zero-order valence-corrected chi connectivity index (χ0v) is 19.7. The van der Waals surface area contributed by atoms with Gasteiger partial charge in [0.1, 0.15) is 5.76 Å². The van der Waals surface area contributed by atoms with Crippen LogP contribution < -0.4 is 10.6 Å². The Morgan fingerprint density at radius 3 is 2.59 bits per heavy atom. The molecule has 1 fully saturated rings. The van der Waals surface area contributed by atoms with E-state index in [9.17, 15) is 0 Å². The Morgan fingerprint density at radius 2 is 2.00 bits per heavy atom. The minimum Gasteiger partial charge on any atom is -0.385 e. The van der Waals surface area contributed by atoms with Gasteiger partial charge in [-0.25, -0.2) is 0 Å². The fourth-order valence-electron chi connectivity index (χ4n) is 3.85. The van der Waals surface area contributed by atoms with Crippen LogP contribution in [0, 0.1) is 19.3 Å². The van der Waals surface area contributed by atoms with Gasteiger partial charge in [0.15, 0.2) is 5.96 Å². The summed E-state index contributed by atoms with van der Waals surface area (Å²) >= 11 is 0. The SMILES string of the molecule is CCNC(=NCC1(CCOC)CCCC1)NCCCc1c(C)noc1C.I. The van der Waals surface area contributed by atoms with Crippen LogP contribution in [0.25, 0.3) is 0 Å². The number of aryl methyl sites for hydroxylation is 2. The molecule has 7 heteroatoms. The average molecular weight is 492 g/mol. The Balaban J connectivity index is 0.00000364. The molecule has 1 aliphatic rings. The highest BCUT2D eigenvalue weighted by atomic mass is 127. The maximum atomic E-state index is 5.32. The fourth-order valence-corrected chi connectivity index (χ4v) is 3.85. The highest BCUT2D eigenvalue weighted by Gasteiger charge is 2.33. The van der Waals surface area contributed by atoms with Crippen LogP contribution >= 0.6 is 24.0 Å². The van der Waals surface area contributed by atoms with Crippen molar-refractivity contribution in [3.8, 4) is 0 Å². The first-order valence-electron chi connectivity index (χ1n) is 10.0. The maximum Gasteiger partial charge on any atom is 0.191 e. The van der Waals surface area contributed by atoms with Crippen molar-refractivity contribution in [1.82, 2.24) is 15.8 Å². The lowest BCUT2D eigenvalue weighted by Crippen LogP contribution is -2.39. The Bertz CT molecular complexity index is 549. The van der Waals surface area contributed by atoms with Gasteiger partial charge in [-0.3, -0.25) is 4.99 Å². The van der Waals surface area contributed by atoms with Gasteiger partial charge in [-0.05, 0) is 58.3 Å². The van der Waals surface area contributed by atoms with Crippen LogP contribution in [0.3, 0.4) is 0 Å². The second-order valence-corrected chi connectivity index (χ2v) is 7.48. The van der Waals surface area contributed by atoms with E-state index in [4.69, 9.17) is 14.3 Å². The monoisotopic (exact) mass is 492 g/mol. The van der Waals surface area contributed by atoms with Gasteiger partial charge in [-0.2, -0.15) is 0 Å². The van der Waals surface area contributed by atoms with E-state index >= 15 is 0 Å². The van der Waals surface area contributed by atoms with E-state index in [1.54, 1.807) is 7.11 Å². The topological polar surface area (TPSA) is 71.7 Å². The molecule has 2 rings (SSSR count). The van der Waals surface area contributed by atoms with Crippen molar-refractivity contribution in [2.45, 2.75) is 65.7 Å². The van der Waals surface area contributed by atoms with Crippen LogP contribution in [-0.4, -0.2) is 44.5 Å². The number of nitrogens with zero attached hydrogens (tertiary/aromatic N) is 2. The number of aromatic nitrogens is 1. The molecule has 0 aromatic carbocycles. The van der Waals surface area contributed by atoms with Crippen LogP contribution in [0.5, 0.6) is 0 Å². The lowest BCUT2D eigenvalue weighted by molar-refractivity contribution is 0.141. The van der Waals surface area contributed by atoms with E-state index in [0.717, 1.165) is 62.9 Å². The third-order valence-corrected chi connectivity index (χ3v) is 5.49. The summed E-state index contributed by atoms with van der Waals surface area (Å²) in [4.78, 5) is 4.90. The summed E-state index contributed by atoms with van der Waals surface area (Å²) in [5.41, 5.74) is 2.57. The predicted octanol–water partition coefficient (Wildman–Crippen LogP) is 3.99. The summed E-state index contributed by atoms with van der Waals surface area (Å²) in [7, 11) is 1.79. The van der Waals surface area contributed by atoms with Crippen molar-refractivity contribution in [3.63, 3.8) is 0 Å². The molecule has 156 valence electrons. The summed E-state index contributed by atoms with van der Waals surface area (Å²) in [5.74, 6) is 1.86. The van der Waals surface area contributed by atoms with E-state index < -0.39 is 0 Å². The number of guanidine groups is 1. The third-order valence-electron chi connectivity index (χ3n) is 5.49. The van der Waals surface area contributed by atoms with Gasteiger partial charge in [0.25, 0.3) is 0 Å². The first-order chi connectivity index (χ1) is 12.6. The van der Waals surface area contributed by atoms with Gasteiger partial charge in [0.05, 0.1) is 5.69 Å². The number of rotatable bonds is 10. The quantitative estimate of drug-likeness (QED) is 0.224. The summed E-state index contributed by atoms with van der Waals surface area (Å²) in [6.07, 6.45) is 8.30. The van der Waals surface area contributed by atoms with Gasteiger partial charge >= 0.3 is 0 Å². The average Bonchev–Trinajstić information content (AvgIpc) is 3.23. The van der Waals surface area contributed by atoms with E-state index in [1.807, 2.05) is 13.8 Å². The third kappa shape index (κ3) is 7.60.